The monoisotopic (exact) mass is 478 g/mol. The largest absolute Gasteiger partial charge is 0.371 e. The average molecular weight is 479 g/mol. The Morgan fingerprint density at radius 2 is 1.69 bits per heavy atom. The second kappa shape index (κ2) is 7.83. The first-order valence-corrected chi connectivity index (χ1v) is 13.4. The van der Waals surface area contributed by atoms with Gasteiger partial charge in [0.15, 0.2) is 0 Å². The van der Waals surface area contributed by atoms with Gasteiger partial charge in [0.05, 0.1) is 11.2 Å². The lowest BCUT2D eigenvalue weighted by Gasteiger charge is -2.47. The third kappa shape index (κ3) is 3.36. The van der Waals surface area contributed by atoms with Crippen molar-refractivity contribution in [2.45, 2.75) is 58.8 Å². The van der Waals surface area contributed by atoms with E-state index in [9.17, 15) is 0 Å². The highest BCUT2D eigenvalue weighted by molar-refractivity contribution is 5.87. The standard InChI is InChI=1S/C31H34N4O/c1-19-6-5-7-20(2)27(19)29-28(30(36-33-29)22-8-9-22)23-17-31(18-23)12-14-35(15-13-31)24-10-11-25-21(3)32-34(4)26(25)16-24/h5-7,10-11,16-17,22H,8-9,12-15,18H2,1-4H3. The van der Waals surface area contributed by atoms with E-state index < -0.39 is 0 Å². The third-order valence-corrected chi connectivity index (χ3v) is 8.87. The number of anilines is 1. The molecule has 4 aromatic rings. The van der Waals surface area contributed by atoms with Crippen LogP contribution in [0.25, 0.3) is 27.7 Å². The van der Waals surface area contributed by atoms with Gasteiger partial charge in [-0.3, -0.25) is 4.68 Å². The van der Waals surface area contributed by atoms with Crippen molar-refractivity contribution in [1.29, 1.82) is 0 Å². The first kappa shape index (κ1) is 21.9. The van der Waals surface area contributed by atoms with Crippen molar-refractivity contribution in [2.75, 3.05) is 18.0 Å². The number of hydrogen-bond acceptors (Lipinski definition) is 4. The van der Waals surface area contributed by atoms with E-state index in [0.29, 0.717) is 11.3 Å². The number of fused-ring (bicyclic) bond motifs is 1. The number of benzene rings is 2. The topological polar surface area (TPSA) is 47.1 Å². The molecule has 2 aliphatic carbocycles. The second-order valence-corrected chi connectivity index (χ2v) is 11.4. The number of aryl methyl sites for hydroxylation is 4. The quantitative estimate of drug-likeness (QED) is 0.314. The van der Waals surface area contributed by atoms with E-state index in [1.54, 1.807) is 0 Å². The molecular weight excluding hydrogens is 444 g/mol. The molecular formula is C31H34N4O. The second-order valence-electron chi connectivity index (χ2n) is 11.4. The summed E-state index contributed by atoms with van der Waals surface area (Å²) < 4.78 is 8.04. The van der Waals surface area contributed by atoms with Gasteiger partial charge in [0.2, 0.25) is 0 Å². The van der Waals surface area contributed by atoms with Gasteiger partial charge in [0.25, 0.3) is 0 Å². The molecule has 2 aromatic heterocycles. The minimum absolute atomic E-state index is 0.315. The molecule has 0 atom stereocenters. The molecule has 3 aliphatic rings. The fraction of sp³-hybridized carbons (Fsp3) is 0.419. The van der Waals surface area contributed by atoms with Crippen LogP contribution in [0.1, 0.15) is 66.2 Å². The Bertz CT molecular complexity index is 1510. The van der Waals surface area contributed by atoms with Crippen LogP contribution >= 0.6 is 0 Å². The molecule has 0 unspecified atom stereocenters. The highest BCUT2D eigenvalue weighted by Crippen LogP contribution is 2.56. The molecule has 5 nitrogen and oxygen atoms in total. The Kier molecular flexibility index (Phi) is 4.76. The number of rotatable bonds is 4. The molecule has 0 amide bonds. The van der Waals surface area contributed by atoms with Crippen molar-refractivity contribution in [3.05, 3.63) is 70.6 Å². The summed E-state index contributed by atoms with van der Waals surface area (Å²) in [6, 6.07) is 13.3. The van der Waals surface area contributed by atoms with Gasteiger partial charge in [0, 0.05) is 48.3 Å². The van der Waals surface area contributed by atoms with E-state index in [-0.39, 0.29) is 0 Å². The van der Waals surface area contributed by atoms with E-state index in [1.807, 2.05) is 11.7 Å². The van der Waals surface area contributed by atoms with Crippen LogP contribution in [0.4, 0.5) is 5.69 Å². The highest BCUT2D eigenvalue weighted by Gasteiger charge is 2.44. The molecule has 2 aromatic carbocycles. The average Bonchev–Trinajstić information content (AvgIpc) is 3.55. The number of piperidine rings is 1. The van der Waals surface area contributed by atoms with Crippen molar-refractivity contribution in [1.82, 2.24) is 14.9 Å². The van der Waals surface area contributed by atoms with E-state index in [4.69, 9.17) is 4.52 Å². The van der Waals surface area contributed by atoms with Crippen molar-refractivity contribution >= 4 is 22.2 Å². The van der Waals surface area contributed by atoms with Crippen LogP contribution in [0.3, 0.4) is 0 Å². The van der Waals surface area contributed by atoms with E-state index >= 15 is 0 Å². The Morgan fingerprint density at radius 3 is 2.39 bits per heavy atom. The summed E-state index contributed by atoms with van der Waals surface area (Å²) in [7, 11) is 2.04. The van der Waals surface area contributed by atoms with Gasteiger partial charge in [-0.15, -0.1) is 0 Å². The van der Waals surface area contributed by atoms with Gasteiger partial charge in [0.1, 0.15) is 11.5 Å². The zero-order chi connectivity index (χ0) is 24.6. The van der Waals surface area contributed by atoms with Gasteiger partial charge in [-0.1, -0.05) is 29.4 Å². The van der Waals surface area contributed by atoms with Crippen molar-refractivity contribution in [2.24, 2.45) is 12.5 Å². The van der Waals surface area contributed by atoms with Crippen molar-refractivity contribution in [3.8, 4) is 11.3 Å². The van der Waals surface area contributed by atoms with Crippen molar-refractivity contribution < 1.29 is 4.52 Å². The summed E-state index contributed by atoms with van der Waals surface area (Å²) in [6.07, 6.45) is 8.56. The number of nitrogens with zero attached hydrogens (tertiary/aromatic N) is 4. The summed E-state index contributed by atoms with van der Waals surface area (Å²) in [5.74, 6) is 1.68. The fourth-order valence-corrected chi connectivity index (χ4v) is 6.63. The summed E-state index contributed by atoms with van der Waals surface area (Å²) in [5, 5.41) is 10.5. The summed E-state index contributed by atoms with van der Waals surface area (Å²) in [6.45, 7) is 8.65. The van der Waals surface area contributed by atoms with Gasteiger partial charge in [-0.05, 0) is 93.2 Å². The number of aromatic nitrogens is 3. The maximum absolute atomic E-state index is 6.03. The maximum atomic E-state index is 6.03. The molecule has 5 heteroatoms. The Labute approximate surface area is 212 Å². The molecule has 3 heterocycles. The van der Waals surface area contributed by atoms with E-state index in [1.165, 1.54) is 70.1 Å². The maximum Gasteiger partial charge on any atom is 0.147 e. The normalized spacial score (nSPS) is 19.1. The number of allylic oxidation sites excluding steroid dienone is 2. The molecule has 0 bridgehead atoms. The molecule has 1 spiro atoms. The Hall–Kier alpha value is -3.34. The third-order valence-electron chi connectivity index (χ3n) is 8.87. The van der Waals surface area contributed by atoms with Gasteiger partial charge >= 0.3 is 0 Å². The fourth-order valence-electron chi connectivity index (χ4n) is 6.63. The van der Waals surface area contributed by atoms with Gasteiger partial charge in [-0.2, -0.15) is 5.10 Å². The molecule has 1 saturated heterocycles. The van der Waals surface area contributed by atoms with Crippen LogP contribution in [0.5, 0.6) is 0 Å². The predicted molar refractivity (Wildman–Crippen MR) is 145 cm³/mol. The van der Waals surface area contributed by atoms with Crippen LogP contribution in [0.15, 0.2) is 47.0 Å². The molecule has 7 rings (SSSR count). The molecule has 36 heavy (non-hydrogen) atoms. The molecule has 2 fully saturated rings. The first-order valence-electron chi connectivity index (χ1n) is 13.4. The first-order chi connectivity index (χ1) is 17.4. The smallest absolute Gasteiger partial charge is 0.147 e. The van der Waals surface area contributed by atoms with Crippen LogP contribution < -0.4 is 4.90 Å². The Balaban J connectivity index is 1.16. The van der Waals surface area contributed by atoms with Crippen LogP contribution in [-0.4, -0.2) is 28.0 Å². The van der Waals surface area contributed by atoms with Gasteiger partial charge in [-0.25, -0.2) is 0 Å². The SMILES string of the molecule is Cc1cccc(C)c1-c1noc(C2CC2)c1C1=CC2(CCN(c3ccc4c(C)nn(C)c4c3)CC2)C1. The van der Waals surface area contributed by atoms with E-state index in [2.05, 4.69) is 78.4 Å². The van der Waals surface area contributed by atoms with Crippen LogP contribution in [0.2, 0.25) is 0 Å². The molecule has 1 saturated carbocycles. The molecule has 184 valence electrons. The lowest BCUT2D eigenvalue weighted by atomic mass is 9.63. The molecule has 0 radical (unpaired) electrons. The number of hydrogen-bond donors (Lipinski definition) is 0. The van der Waals surface area contributed by atoms with Gasteiger partial charge < -0.3 is 9.42 Å². The minimum Gasteiger partial charge on any atom is -0.371 e. The highest BCUT2D eigenvalue weighted by atomic mass is 16.5. The predicted octanol–water partition coefficient (Wildman–Crippen LogP) is 7.10. The summed E-state index contributed by atoms with van der Waals surface area (Å²) in [4.78, 5) is 2.55. The zero-order valence-corrected chi connectivity index (χ0v) is 21.8. The van der Waals surface area contributed by atoms with Crippen LogP contribution in [0, 0.1) is 26.2 Å². The molecule has 1 aliphatic heterocycles. The minimum atomic E-state index is 0.315. The Morgan fingerprint density at radius 1 is 0.972 bits per heavy atom. The van der Waals surface area contributed by atoms with E-state index in [0.717, 1.165) is 36.7 Å². The van der Waals surface area contributed by atoms with Crippen LogP contribution in [-0.2, 0) is 7.05 Å². The summed E-state index contributed by atoms with van der Waals surface area (Å²) >= 11 is 0. The lowest BCUT2D eigenvalue weighted by molar-refractivity contribution is 0.277. The molecule has 0 N–H and O–H groups in total. The van der Waals surface area contributed by atoms with Crippen molar-refractivity contribution in [3.63, 3.8) is 0 Å². The zero-order valence-electron chi connectivity index (χ0n) is 21.8. The summed E-state index contributed by atoms with van der Waals surface area (Å²) in [5.41, 5.74) is 11.6. The lowest BCUT2D eigenvalue weighted by Crippen LogP contribution is -2.42.